The molecule has 0 aliphatic carbocycles. The maximum atomic E-state index is 12.9. The van der Waals surface area contributed by atoms with Crippen molar-refractivity contribution in [2.45, 2.75) is 264 Å². The highest BCUT2D eigenvalue weighted by Crippen LogP contribution is 2.15. The van der Waals surface area contributed by atoms with Crippen LogP contribution in [0.3, 0.4) is 0 Å². The highest BCUT2D eigenvalue weighted by molar-refractivity contribution is 5.71. The molecule has 0 spiro atoms. The molecule has 0 saturated carbocycles. The van der Waals surface area contributed by atoms with E-state index in [1.54, 1.807) is 0 Å². The third-order valence-electron chi connectivity index (χ3n) is 12.0. The molecule has 1 unspecified atom stereocenters. The quantitative estimate of drug-likeness (QED) is 0.0262. The third-order valence-corrected chi connectivity index (χ3v) is 12.0. The van der Waals surface area contributed by atoms with E-state index in [0.717, 1.165) is 135 Å². The monoisotopic (exact) mass is 971 g/mol. The second-order valence-electron chi connectivity index (χ2n) is 18.8. The highest BCUT2D eigenvalue weighted by Gasteiger charge is 2.19. The third kappa shape index (κ3) is 55.0. The van der Waals surface area contributed by atoms with Crippen molar-refractivity contribution in [3.63, 3.8) is 0 Å². The van der Waals surface area contributed by atoms with Gasteiger partial charge in [0.2, 0.25) is 0 Å². The molecule has 70 heavy (non-hydrogen) atoms. The summed E-state index contributed by atoms with van der Waals surface area (Å²) < 4.78 is 16.8. The standard InChI is InChI=1S/C64H106O6/c1-4-7-10-13-16-19-22-25-28-30-31-32-33-34-37-39-42-45-48-51-54-57-63(66)69-60-61(59-68-62(65)56-53-50-47-44-41-38-35-27-24-21-18-15-12-9-6-3)70-64(67)58-55-52-49-46-43-40-36-29-26-23-20-17-14-11-8-5-2/h7,9-10,12,16,18-19,21,25,27-28,31-32,34-35,37,42,45,61H,4-6,8,11,13-15,17,20,22-24,26,29-30,33,36,38-41,43-44,46-60H2,1-3H3/b10-7-,12-9-,19-16-,21-18-,28-25-,32-31-,35-27-,37-34-,45-42-. The van der Waals surface area contributed by atoms with Crippen molar-refractivity contribution in [3.05, 3.63) is 109 Å². The minimum Gasteiger partial charge on any atom is -0.462 e. The SMILES string of the molecule is CC/C=C\C/C=C\C/C=C\C/C=C\C/C=C\C/C=C\CCCCC(=O)OCC(COC(=O)CCCCCCC/C=C\C/C=C\C/C=C\CC)OC(=O)CCCCCCCCCCCCCCCCCC. The number of allylic oxidation sites excluding steroid dienone is 18. The summed E-state index contributed by atoms with van der Waals surface area (Å²) in [6.07, 6.45) is 77.9. The topological polar surface area (TPSA) is 78.9 Å². The number of esters is 3. The van der Waals surface area contributed by atoms with Crippen LogP contribution in [0.2, 0.25) is 0 Å². The minimum absolute atomic E-state index is 0.101. The van der Waals surface area contributed by atoms with Gasteiger partial charge in [0.05, 0.1) is 0 Å². The Morgan fingerprint density at radius 2 is 0.557 bits per heavy atom. The maximum Gasteiger partial charge on any atom is 0.306 e. The first kappa shape index (κ1) is 66.1. The van der Waals surface area contributed by atoms with Crippen LogP contribution in [0.25, 0.3) is 0 Å². The molecule has 0 rings (SSSR count). The van der Waals surface area contributed by atoms with Gasteiger partial charge in [-0.2, -0.15) is 0 Å². The molecule has 1 atom stereocenters. The van der Waals surface area contributed by atoms with Crippen LogP contribution in [0.5, 0.6) is 0 Å². The van der Waals surface area contributed by atoms with Gasteiger partial charge in [0.1, 0.15) is 13.2 Å². The Morgan fingerprint density at radius 1 is 0.300 bits per heavy atom. The van der Waals surface area contributed by atoms with Crippen molar-refractivity contribution in [1.29, 1.82) is 0 Å². The van der Waals surface area contributed by atoms with E-state index >= 15 is 0 Å². The Hall–Kier alpha value is -3.93. The smallest absolute Gasteiger partial charge is 0.306 e. The van der Waals surface area contributed by atoms with Crippen LogP contribution in [0.4, 0.5) is 0 Å². The van der Waals surface area contributed by atoms with Gasteiger partial charge in [-0.3, -0.25) is 14.4 Å². The molecule has 0 aromatic rings. The summed E-state index contributed by atoms with van der Waals surface area (Å²) in [6, 6.07) is 0. The molecule has 0 bridgehead atoms. The van der Waals surface area contributed by atoms with Gasteiger partial charge in [-0.25, -0.2) is 0 Å². The van der Waals surface area contributed by atoms with E-state index in [2.05, 4.69) is 130 Å². The average Bonchev–Trinajstić information content (AvgIpc) is 3.36. The fourth-order valence-corrected chi connectivity index (χ4v) is 7.75. The summed E-state index contributed by atoms with van der Waals surface area (Å²) >= 11 is 0. The molecule has 0 amide bonds. The predicted molar refractivity (Wildman–Crippen MR) is 302 cm³/mol. The van der Waals surface area contributed by atoms with Crippen molar-refractivity contribution in [2.75, 3.05) is 13.2 Å². The van der Waals surface area contributed by atoms with Gasteiger partial charge in [-0.05, 0) is 103 Å². The van der Waals surface area contributed by atoms with E-state index in [9.17, 15) is 14.4 Å². The second kappa shape index (κ2) is 57.6. The molecule has 0 fully saturated rings. The lowest BCUT2D eigenvalue weighted by molar-refractivity contribution is -0.167. The Labute approximate surface area is 431 Å². The van der Waals surface area contributed by atoms with Gasteiger partial charge >= 0.3 is 17.9 Å². The maximum absolute atomic E-state index is 12.9. The van der Waals surface area contributed by atoms with Gasteiger partial charge in [0, 0.05) is 19.3 Å². The Kier molecular flexibility index (Phi) is 54.4. The van der Waals surface area contributed by atoms with Crippen molar-refractivity contribution >= 4 is 17.9 Å². The first-order valence-electron chi connectivity index (χ1n) is 28.9. The lowest BCUT2D eigenvalue weighted by Crippen LogP contribution is -2.30. The number of unbranched alkanes of at least 4 members (excludes halogenated alkanes) is 22. The molecular weight excluding hydrogens is 865 g/mol. The van der Waals surface area contributed by atoms with E-state index in [1.807, 2.05) is 0 Å². The zero-order valence-electron chi connectivity index (χ0n) is 45.5. The van der Waals surface area contributed by atoms with Crippen molar-refractivity contribution < 1.29 is 28.6 Å². The molecule has 6 heteroatoms. The molecule has 398 valence electrons. The summed E-state index contributed by atoms with van der Waals surface area (Å²) in [7, 11) is 0. The molecular formula is C64H106O6. The van der Waals surface area contributed by atoms with Gasteiger partial charge in [-0.15, -0.1) is 0 Å². The van der Waals surface area contributed by atoms with E-state index in [0.29, 0.717) is 19.3 Å². The van der Waals surface area contributed by atoms with Gasteiger partial charge < -0.3 is 14.2 Å². The molecule has 0 heterocycles. The normalized spacial score (nSPS) is 12.9. The Morgan fingerprint density at radius 3 is 0.900 bits per heavy atom. The lowest BCUT2D eigenvalue weighted by Gasteiger charge is -2.18. The first-order valence-corrected chi connectivity index (χ1v) is 28.9. The molecule has 0 aromatic heterocycles. The molecule has 6 nitrogen and oxygen atoms in total. The van der Waals surface area contributed by atoms with Crippen LogP contribution in [-0.4, -0.2) is 37.2 Å². The van der Waals surface area contributed by atoms with E-state index in [-0.39, 0.29) is 31.1 Å². The number of carbonyl (C=O) groups excluding carboxylic acids is 3. The number of hydrogen-bond acceptors (Lipinski definition) is 6. The van der Waals surface area contributed by atoms with Crippen LogP contribution < -0.4 is 0 Å². The van der Waals surface area contributed by atoms with Crippen molar-refractivity contribution in [2.24, 2.45) is 0 Å². The molecule has 0 aliphatic heterocycles. The lowest BCUT2D eigenvalue weighted by atomic mass is 10.0. The van der Waals surface area contributed by atoms with Crippen LogP contribution >= 0.6 is 0 Å². The number of hydrogen-bond donors (Lipinski definition) is 0. The van der Waals surface area contributed by atoms with Crippen molar-refractivity contribution in [3.8, 4) is 0 Å². The zero-order valence-corrected chi connectivity index (χ0v) is 45.5. The molecule has 0 N–H and O–H groups in total. The number of rotatable bonds is 51. The summed E-state index contributed by atoms with van der Waals surface area (Å²) in [6.45, 7) is 6.37. The fourth-order valence-electron chi connectivity index (χ4n) is 7.75. The minimum atomic E-state index is -0.804. The number of ether oxygens (including phenoxy) is 3. The zero-order chi connectivity index (χ0) is 50.7. The van der Waals surface area contributed by atoms with Crippen LogP contribution in [0.1, 0.15) is 258 Å². The number of carbonyl (C=O) groups is 3. The van der Waals surface area contributed by atoms with E-state index in [1.165, 1.54) is 83.5 Å². The van der Waals surface area contributed by atoms with Gasteiger partial charge in [0.15, 0.2) is 6.10 Å². The summed E-state index contributed by atoms with van der Waals surface area (Å²) in [4.78, 5) is 38.2. The molecule has 0 aromatic carbocycles. The average molecular weight is 972 g/mol. The summed E-state index contributed by atoms with van der Waals surface area (Å²) in [5, 5.41) is 0. The Balaban J connectivity index is 4.48. The van der Waals surface area contributed by atoms with Crippen LogP contribution in [0, 0.1) is 0 Å². The van der Waals surface area contributed by atoms with Gasteiger partial charge in [-0.1, -0.05) is 246 Å². The molecule has 0 saturated heterocycles. The van der Waals surface area contributed by atoms with E-state index < -0.39 is 6.10 Å². The Bertz CT molecular complexity index is 1440. The largest absolute Gasteiger partial charge is 0.462 e. The van der Waals surface area contributed by atoms with Crippen LogP contribution in [0.15, 0.2) is 109 Å². The fraction of sp³-hybridized carbons (Fsp3) is 0.672. The first-order chi connectivity index (χ1) is 34.5. The summed E-state index contributed by atoms with van der Waals surface area (Å²) in [5.74, 6) is -0.957. The van der Waals surface area contributed by atoms with Crippen molar-refractivity contribution in [1.82, 2.24) is 0 Å². The van der Waals surface area contributed by atoms with Gasteiger partial charge in [0.25, 0.3) is 0 Å². The highest BCUT2D eigenvalue weighted by atomic mass is 16.6. The van der Waals surface area contributed by atoms with E-state index in [4.69, 9.17) is 14.2 Å². The molecule has 0 aliphatic rings. The molecule has 0 radical (unpaired) electrons. The predicted octanol–water partition coefficient (Wildman–Crippen LogP) is 19.5. The summed E-state index contributed by atoms with van der Waals surface area (Å²) in [5.41, 5.74) is 0. The van der Waals surface area contributed by atoms with Crippen LogP contribution in [-0.2, 0) is 28.6 Å². The second-order valence-corrected chi connectivity index (χ2v) is 18.8.